The Balaban J connectivity index is 1.91. The van der Waals surface area contributed by atoms with Crippen LogP contribution in [0.25, 0.3) is 0 Å². The van der Waals surface area contributed by atoms with Crippen LogP contribution in [0, 0.1) is 6.92 Å². The van der Waals surface area contributed by atoms with Crippen LogP contribution in [0.1, 0.15) is 30.5 Å². The molecule has 1 unspecified atom stereocenters. The van der Waals surface area contributed by atoms with E-state index >= 15 is 0 Å². The Morgan fingerprint density at radius 2 is 1.82 bits per heavy atom. The van der Waals surface area contributed by atoms with Crippen LogP contribution in [0.3, 0.4) is 0 Å². The zero-order valence-electron chi connectivity index (χ0n) is 19.5. The number of sulfonamides is 1. The largest absolute Gasteiger partial charge is 0.494 e. The molecular formula is C24H31N3O5S. The van der Waals surface area contributed by atoms with E-state index in [1.165, 1.54) is 4.90 Å². The molecule has 1 aliphatic rings. The summed E-state index contributed by atoms with van der Waals surface area (Å²) >= 11 is 0. The number of ether oxygens (including phenoxy) is 1. The molecule has 9 heteroatoms. The summed E-state index contributed by atoms with van der Waals surface area (Å²) in [5.74, 6) is -0.231. The van der Waals surface area contributed by atoms with Gasteiger partial charge in [-0.15, -0.1) is 0 Å². The van der Waals surface area contributed by atoms with E-state index in [-0.39, 0.29) is 26.2 Å². The normalized spacial score (nSPS) is 19.4. The van der Waals surface area contributed by atoms with Crippen LogP contribution >= 0.6 is 0 Å². The molecule has 1 N–H and O–H groups in total. The van der Waals surface area contributed by atoms with Crippen molar-refractivity contribution >= 4 is 21.8 Å². The lowest BCUT2D eigenvalue weighted by Crippen LogP contribution is -2.69. The number of nitrogens with zero attached hydrogens (tertiary/aromatic N) is 2. The van der Waals surface area contributed by atoms with Crippen molar-refractivity contribution < 1.29 is 22.7 Å². The second-order valence-electron chi connectivity index (χ2n) is 8.49. The fourth-order valence-electron chi connectivity index (χ4n) is 3.87. The van der Waals surface area contributed by atoms with Crippen molar-refractivity contribution in [2.75, 3.05) is 26.0 Å². The Morgan fingerprint density at radius 1 is 1.15 bits per heavy atom. The van der Waals surface area contributed by atoms with Gasteiger partial charge in [0.25, 0.3) is 0 Å². The van der Waals surface area contributed by atoms with Crippen molar-refractivity contribution in [2.24, 2.45) is 0 Å². The highest BCUT2D eigenvalue weighted by Crippen LogP contribution is 2.29. The molecule has 0 radical (unpaired) electrons. The molecule has 0 aliphatic carbocycles. The highest BCUT2D eigenvalue weighted by atomic mass is 32.2. The first kappa shape index (κ1) is 24.7. The number of para-hydroxylation sites is 1. The molecule has 1 aliphatic heterocycles. The lowest BCUT2D eigenvalue weighted by molar-refractivity contribution is -0.153. The van der Waals surface area contributed by atoms with E-state index in [4.69, 9.17) is 4.74 Å². The van der Waals surface area contributed by atoms with Crippen molar-refractivity contribution in [3.63, 3.8) is 0 Å². The van der Waals surface area contributed by atoms with Gasteiger partial charge in [-0.05, 0) is 32.4 Å². The Bertz CT molecular complexity index is 1120. The molecule has 0 bridgehead atoms. The van der Waals surface area contributed by atoms with Crippen LogP contribution in [0.5, 0.6) is 5.75 Å². The summed E-state index contributed by atoms with van der Waals surface area (Å²) in [6.07, 6.45) is 1.05. The van der Waals surface area contributed by atoms with Crippen LogP contribution in [0.15, 0.2) is 48.5 Å². The molecule has 0 aromatic heterocycles. The number of carbonyl (C=O) groups excluding carboxylic acids is 2. The predicted octanol–water partition coefficient (Wildman–Crippen LogP) is 2.07. The second-order valence-corrected chi connectivity index (χ2v) is 10.5. The minimum absolute atomic E-state index is 0.126. The molecule has 1 fully saturated rings. The average molecular weight is 474 g/mol. The molecule has 2 amide bonds. The van der Waals surface area contributed by atoms with Crippen molar-refractivity contribution in [3.8, 4) is 5.75 Å². The minimum Gasteiger partial charge on any atom is -0.494 e. The average Bonchev–Trinajstić information content (AvgIpc) is 2.76. The standard InChI is InChI=1S/C24H31N3O5S/c1-5-32-21-9-7-6-8-20(21)15-27-22(28)16-26(33(4,30)31)17-24(27,3)23(29)25-14-19-12-10-18(2)11-13-19/h6-13H,5,14-17H2,1-4H3,(H,25,29). The third-order valence-corrected chi connectivity index (χ3v) is 7.02. The molecule has 2 aromatic rings. The molecule has 8 nitrogen and oxygen atoms in total. The summed E-state index contributed by atoms with van der Waals surface area (Å²) in [7, 11) is -3.67. The first-order chi connectivity index (χ1) is 15.5. The zero-order chi connectivity index (χ0) is 24.2. The zero-order valence-corrected chi connectivity index (χ0v) is 20.3. The summed E-state index contributed by atoms with van der Waals surface area (Å²) in [6.45, 7) is 5.87. The molecule has 3 rings (SSSR count). The maximum atomic E-state index is 13.4. The Labute approximate surface area is 195 Å². The number of hydrogen-bond donors (Lipinski definition) is 1. The Kier molecular flexibility index (Phi) is 7.44. The number of amides is 2. The van der Waals surface area contributed by atoms with Crippen LogP contribution < -0.4 is 10.1 Å². The summed E-state index contributed by atoms with van der Waals surface area (Å²) in [4.78, 5) is 28.0. The second kappa shape index (κ2) is 9.93. The van der Waals surface area contributed by atoms with Crippen molar-refractivity contribution in [1.82, 2.24) is 14.5 Å². The first-order valence-electron chi connectivity index (χ1n) is 10.8. The van der Waals surface area contributed by atoms with E-state index in [9.17, 15) is 18.0 Å². The number of carbonyl (C=O) groups is 2. The molecule has 2 aromatic carbocycles. The highest BCUT2D eigenvalue weighted by molar-refractivity contribution is 7.88. The molecule has 33 heavy (non-hydrogen) atoms. The van der Waals surface area contributed by atoms with E-state index in [2.05, 4.69) is 5.32 Å². The maximum Gasteiger partial charge on any atom is 0.247 e. The number of hydrogen-bond acceptors (Lipinski definition) is 5. The smallest absolute Gasteiger partial charge is 0.247 e. The predicted molar refractivity (Wildman–Crippen MR) is 126 cm³/mol. The third-order valence-electron chi connectivity index (χ3n) is 5.83. The number of nitrogens with one attached hydrogen (secondary N) is 1. The number of piperazine rings is 1. The van der Waals surface area contributed by atoms with Crippen LogP contribution in [-0.2, 0) is 32.7 Å². The molecule has 1 atom stereocenters. The SMILES string of the molecule is CCOc1ccccc1CN1C(=O)CN(S(C)(=O)=O)CC1(C)C(=O)NCc1ccc(C)cc1. The van der Waals surface area contributed by atoms with Gasteiger partial charge in [-0.1, -0.05) is 48.0 Å². The third kappa shape index (κ3) is 5.72. The minimum atomic E-state index is -3.67. The molecule has 0 spiro atoms. The Hall–Kier alpha value is -2.91. The van der Waals surface area contributed by atoms with Gasteiger partial charge >= 0.3 is 0 Å². The van der Waals surface area contributed by atoms with Crippen molar-refractivity contribution in [3.05, 3.63) is 65.2 Å². The summed E-state index contributed by atoms with van der Waals surface area (Å²) in [6, 6.07) is 15.1. The van der Waals surface area contributed by atoms with Gasteiger partial charge < -0.3 is 15.0 Å². The number of rotatable bonds is 8. The van der Waals surface area contributed by atoms with Gasteiger partial charge in [0.05, 0.1) is 26.0 Å². The highest BCUT2D eigenvalue weighted by Gasteiger charge is 2.49. The lowest BCUT2D eigenvalue weighted by Gasteiger charge is -2.46. The Morgan fingerprint density at radius 3 is 2.45 bits per heavy atom. The number of aryl methyl sites for hydroxylation is 1. The van der Waals surface area contributed by atoms with Crippen molar-refractivity contribution in [2.45, 2.75) is 39.4 Å². The first-order valence-corrected chi connectivity index (χ1v) is 12.7. The summed E-state index contributed by atoms with van der Waals surface area (Å²) in [5.41, 5.74) is 1.37. The van der Waals surface area contributed by atoms with E-state index in [0.29, 0.717) is 12.4 Å². The van der Waals surface area contributed by atoms with Crippen LogP contribution in [0.2, 0.25) is 0 Å². The topological polar surface area (TPSA) is 96.0 Å². The molecule has 0 saturated carbocycles. The monoisotopic (exact) mass is 473 g/mol. The quantitative estimate of drug-likeness (QED) is 0.633. The van der Waals surface area contributed by atoms with Gasteiger partial charge in [0.1, 0.15) is 11.3 Å². The van der Waals surface area contributed by atoms with Gasteiger partial charge in [0.2, 0.25) is 21.8 Å². The van der Waals surface area contributed by atoms with Gasteiger partial charge in [-0.25, -0.2) is 8.42 Å². The van der Waals surface area contributed by atoms with E-state index in [0.717, 1.165) is 27.3 Å². The molecule has 1 saturated heterocycles. The molecule has 1 heterocycles. The van der Waals surface area contributed by atoms with Gasteiger partial charge in [0.15, 0.2) is 0 Å². The van der Waals surface area contributed by atoms with Crippen molar-refractivity contribution in [1.29, 1.82) is 0 Å². The lowest BCUT2D eigenvalue weighted by atomic mass is 9.94. The summed E-state index contributed by atoms with van der Waals surface area (Å²) in [5, 5.41) is 2.89. The molecule has 178 valence electrons. The number of benzene rings is 2. The van der Waals surface area contributed by atoms with E-state index in [1.54, 1.807) is 6.92 Å². The van der Waals surface area contributed by atoms with E-state index in [1.807, 2.05) is 62.4 Å². The van der Waals surface area contributed by atoms with Gasteiger partial charge in [-0.2, -0.15) is 4.31 Å². The fourth-order valence-corrected chi connectivity index (χ4v) is 4.70. The maximum absolute atomic E-state index is 13.4. The van der Waals surface area contributed by atoms with Crippen LogP contribution in [0.4, 0.5) is 0 Å². The van der Waals surface area contributed by atoms with Gasteiger partial charge in [-0.3, -0.25) is 9.59 Å². The molecular weight excluding hydrogens is 442 g/mol. The van der Waals surface area contributed by atoms with E-state index < -0.39 is 27.4 Å². The summed E-state index contributed by atoms with van der Waals surface area (Å²) < 4.78 is 31.3. The van der Waals surface area contributed by atoms with Crippen LogP contribution in [-0.4, -0.2) is 60.9 Å². The fraction of sp³-hybridized carbons (Fsp3) is 0.417. The van der Waals surface area contributed by atoms with Gasteiger partial charge in [0, 0.05) is 18.7 Å².